The summed E-state index contributed by atoms with van der Waals surface area (Å²) in [5, 5.41) is 26.9. The van der Waals surface area contributed by atoms with Gasteiger partial charge in [-0.1, -0.05) is 35.9 Å². The van der Waals surface area contributed by atoms with Gasteiger partial charge >= 0.3 is 0 Å². The zero-order valence-electron chi connectivity index (χ0n) is 15.7. The minimum absolute atomic E-state index is 0.0792. The van der Waals surface area contributed by atoms with E-state index in [1.54, 1.807) is 18.2 Å². The normalized spacial score (nSPS) is 23.9. The summed E-state index contributed by atoms with van der Waals surface area (Å²) in [6, 6.07) is 13.2. The van der Waals surface area contributed by atoms with Gasteiger partial charge in [-0.15, -0.1) is 0 Å². The van der Waals surface area contributed by atoms with Gasteiger partial charge in [0.25, 0.3) is 0 Å². The molecule has 0 aromatic heterocycles. The summed E-state index contributed by atoms with van der Waals surface area (Å²) in [6.45, 7) is 1.10. The number of halogens is 2. The molecule has 29 heavy (non-hydrogen) atoms. The second kappa shape index (κ2) is 10.1. The third kappa shape index (κ3) is 6.22. The maximum atomic E-state index is 12.9. The molecule has 1 aliphatic rings. The van der Waals surface area contributed by atoms with Crippen LogP contribution in [0.25, 0.3) is 0 Å². The summed E-state index contributed by atoms with van der Waals surface area (Å²) in [7, 11) is 0. The Balaban J connectivity index is 1.43. The lowest BCUT2D eigenvalue weighted by Gasteiger charge is -2.15. The van der Waals surface area contributed by atoms with Gasteiger partial charge in [0.2, 0.25) is 5.91 Å². The first-order chi connectivity index (χ1) is 13.9. The number of hydrogen-bond acceptors (Lipinski definition) is 5. The van der Waals surface area contributed by atoms with E-state index < -0.39 is 24.4 Å². The lowest BCUT2D eigenvalue weighted by Crippen LogP contribution is -2.38. The van der Waals surface area contributed by atoms with E-state index >= 15 is 0 Å². The highest BCUT2D eigenvalue weighted by Gasteiger charge is 2.42. The number of carbonyl (C=O) groups is 1. The molecule has 1 heterocycles. The molecular formula is C21H24ClFN2O4. The van der Waals surface area contributed by atoms with Crippen LogP contribution in [0.5, 0.6) is 0 Å². The van der Waals surface area contributed by atoms with Crippen LogP contribution in [-0.2, 0) is 22.6 Å². The molecule has 0 spiro atoms. The first kappa shape index (κ1) is 21.7. The van der Waals surface area contributed by atoms with Gasteiger partial charge in [-0.25, -0.2) is 4.39 Å². The van der Waals surface area contributed by atoms with Crippen molar-refractivity contribution < 1.29 is 24.1 Å². The molecule has 4 atom stereocenters. The van der Waals surface area contributed by atoms with Crippen LogP contribution in [0, 0.1) is 5.82 Å². The Kier molecular flexibility index (Phi) is 7.57. The second-order valence-electron chi connectivity index (χ2n) is 7.06. The quantitative estimate of drug-likeness (QED) is 0.520. The van der Waals surface area contributed by atoms with Gasteiger partial charge in [0.15, 0.2) is 0 Å². The van der Waals surface area contributed by atoms with Crippen LogP contribution in [0.15, 0.2) is 48.5 Å². The molecule has 0 bridgehead atoms. The van der Waals surface area contributed by atoms with Crippen molar-refractivity contribution in [1.29, 1.82) is 0 Å². The van der Waals surface area contributed by atoms with E-state index in [1.807, 2.05) is 18.2 Å². The fourth-order valence-corrected chi connectivity index (χ4v) is 3.44. The van der Waals surface area contributed by atoms with Crippen LogP contribution < -0.4 is 10.6 Å². The summed E-state index contributed by atoms with van der Waals surface area (Å²) in [5.41, 5.74) is 1.75. The number of benzene rings is 2. The number of aliphatic hydroxyl groups is 2. The summed E-state index contributed by atoms with van der Waals surface area (Å²) >= 11 is 5.95. The first-order valence-electron chi connectivity index (χ1n) is 9.40. The molecule has 156 valence electrons. The molecule has 1 amide bonds. The molecule has 3 rings (SSSR count). The number of aliphatic hydroxyl groups excluding tert-OH is 2. The third-order valence-electron chi connectivity index (χ3n) is 4.81. The zero-order chi connectivity index (χ0) is 20.8. The lowest BCUT2D eigenvalue weighted by molar-refractivity contribution is -0.125. The van der Waals surface area contributed by atoms with Gasteiger partial charge in [0.05, 0.1) is 18.6 Å². The average molecular weight is 423 g/mol. The molecule has 0 aliphatic carbocycles. The van der Waals surface area contributed by atoms with Crippen molar-refractivity contribution in [3.8, 4) is 0 Å². The molecule has 1 saturated heterocycles. The monoisotopic (exact) mass is 422 g/mol. The Morgan fingerprint density at radius 1 is 1.03 bits per heavy atom. The summed E-state index contributed by atoms with van der Waals surface area (Å²) in [5.74, 6) is -0.662. The van der Waals surface area contributed by atoms with E-state index in [0.29, 0.717) is 18.1 Å². The van der Waals surface area contributed by atoms with Crippen molar-refractivity contribution in [3.05, 3.63) is 70.5 Å². The number of hydrogen-bond donors (Lipinski definition) is 4. The molecule has 0 unspecified atom stereocenters. The molecule has 2 aromatic rings. The van der Waals surface area contributed by atoms with E-state index in [0.717, 1.165) is 11.1 Å². The second-order valence-corrected chi connectivity index (χ2v) is 7.50. The van der Waals surface area contributed by atoms with Crippen LogP contribution >= 0.6 is 11.6 Å². The molecule has 1 aliphatic heterocycles. The van der Waals surface area contributed by atoms with Crippen LogP contribution in [0.2, 0.25) is 5.02 Å². The fourth-order valence-electron chi connectivity index (χ4n) is 3.23. The third-order valence-corrected chi connectivity index (χ3v) is 5.05. The van der Waals surface area contributed by atoms with Gasteiger partial charge < -0.3 is 25.6 Å². The Labute approximate surface area is 173 Å². The lowest BCUT2D eigenvalue weighted by atomic mass is 10.1. The summed E-state index contributed by atoms with van der Waals surface area (Å²) in [4.78, 5) is 12.1. The van der Waals surface area contributed by atoms with Crippen LogP contribution in [0.4, 0.5) is 4.39 Å². The number of carbonyl (C=O) groups excluding carboxylic acids is 1. The predicted octanol–water partition coefficient (Wildman–Crippen LogP) is 1.76. The number of ether oxygens (including phenoxy) is 1. The van der Waals surface area contributed by atoms with E-state index in [1.165, 1.54) is 12.1 Å². The summed E-state index contributed by atoms with van der Waals surface area (Å²) < 4.78 is 18.6. The maximum Gasteiger partial charge on any atom is 0.222 e. The van der Waals surface area contributed by atoms with Crippen molar-refractivity contribution in [2.45, 2.75) is 43.9 Å². The molecule has 1 fully saturated rings. The van der Waals surface area contributed by atoms with E-state index in [4.69, 9.17) is 16.3 Å². The van der Waals surface area contributed by atoms with Crippen LogP contribution in [0.1, 0.15) is 17.5 Å². The minimum atomic E-state index is -1.15. The zero-order valence-corrected chi connectivity index (χ0v) is 16.5. The van der Waals surface area contributed by atoms with Gasteiger partial charge in [-0.05, 0) is 35.4 Å². The Morgan fingerprint density at radius 2 is 1.76 bits per heavy atom. The van der Waals surface area contributed by atoms with Crippen molar-refractivity contribution in [3.63, 3.8) is 0 Å². The standard InChI is InChI=1S/C21H24ClFN2O4/c22-15-3-1-2-14(8-15)10-24-12-18-21(28)20(27)17(29-18)9-19(26)25-11-13-4-6-16(23)7-5-13/h1-8,17-18,20-21,24,27-28H,9-12H2,(H,25,26)/t17-,18+,20-,21+/m0/s1. The first-order valence-corrected chi connectivity index (χ1v) is 9.78. The summed E-state index contributed by atoms with van der Waals surface area (Å²) in [6.07, 6.45) is -3.74. The molecule has 8 heteroatoms. The van der Waals surface area contributed by atoms with Crippen molar-refractivity contribution >= 4 is 17.5 Å². The Morgan fingerprint density at radius 3 is 2.48 bits per heavy atom. The highest BCUT2D eigenvalue weighted by molar-refractivity contribution is 6.30. The van der Waals surface area contributed by atoms with Crippen molar-refractivity contribution in [2.75, 3.05) is 6.54 Å². The molecular weight excluding hydrogens is 399 g/mol. The smallest absolute Gasteiger partial charge is 0.222 e. The van der Waals surface area contributed by atoms with Gasteiger partial charge in [0, 0.05) is 24.7 Å². The molecule has 2 aromatic carbocycles. The fraction of sp³-hybridized carbons (Fsp3) is 0.381. The SMILES string of the molecule is O=C(C[C@@H]1O[C@H](CNCc2cccc(Cl)c2)[C@@H](O)[C@H]1O)NCc1ccc(F)cc1. The highest BCUT2D eigenvalue weighted by Crippen LogP contribution is 2.23. The number of amides is 1. The minimum Gasteiger partial charge on any atom is -0.388 e. The van der Waals surface area contributed by atoms with Gasteiger partial charge in [0.1, 0.15) is 18.0 Å². The van der Waals surface area contributed by atoms with Gasteiger partial charge in [-0.3, -0.25) is 4.79 Å². The topological polar surface area (TPSA) is 90.8 Å². The van der Waals surface area contributed by atoms with Crippen molar-refractivity contribution in [1.82, 2.24) is 10.6 Å². The van der Waals surface area contributed by atoms with E-state index in [9.17, 15) is 19.4 Å². The number of rotatable bonds is 8. The Hall–Kier alpha value is -2.03. The highest BCUT2D eigenvalue weighted by atomic mass is 35.5. The molecule has 6 nitrogen and oxygen atoms in total. The largest absolute Gasteiger partial charge is 0.388 e. The van der Waals surface area contributed by atoms with Crippen LogP contribution in [0.3, 0.4) is 0 Å². The van der Waals surface area contributed by atoms with Gasteiger partial charge in [-0.2, -0.15) is 0 Å². The molecule has 0 radical (unpaired) electrons. The molecule has 0 saturated carbocycles. The molecule has 4 N–H and O–H groups in total. The Bertz CT molecular complexity index is 821. The maximum absolute atomic E-state index is 12.9. The van der Waals surface area contributed by atoms with Crippen molar-refractivity contribution in [2.24, 2.45) is 0 Å². The van der Waals surface area contributed by atoms with E-state index in [2.05, 4.69) is 10.6 Å². The van der Waals surface area contributed by atoms with E-state index in [-0.39, 0.29) is 24.7 Å². The van der Waals surface area contributed by atoms with Crippen LogP contribution in [-0.4, -0.2) is 47.1 Å². The average Bonchev–Trinajstić information content (AvgIpc) is 2.95. The predicted molar refractivity (Wildman–Crippen MR) is 107 cm³/mol. The number of nitrogens with one attached hydrogen (secondary N) is 2.